The fourth-order valence-electron chi connectivity index (χ4n) is 3.08. The number of nitrogens with one attached hydrogen (secondary N) is 1. The van der Waals surface area contributed by atoms with Gasteiger partial charge < -0.3 is 5.73 Å². The fourth-order valence-corrected chi connectivity index (χ4v) is 3.08. The normalized spacial score (nSPS) is 20.5. The van der Waals surface area contributed by atoms with Gasteiger partial charge in [-0.25, -0.2) is 4.68 Å². The first-order valence-corrected chi connectivity index (χ1v) is 7.24. The zero-order chi connectivity index (χ0) is 13.2. The Kier molecular flexibility index (Phi) is 3.36. The van der Waals surface area contributed by atoms with Crippen LogP contribution in [0.25, 0.3) is 0 Å². The van der Waals surface area contributed by atoms with Gasteiger partial charge in [-0.1, -0.05) is 12.8 Å². The molecule has 102 valence electrons. The van der Waals surface area contributed by atoms with E-state index in [9.17, 15) is 0 Å². The molecule has 0 bridgehead atoms. The standard InChI is InChI=1S/C14H21N5/c15-13(18-11-6-2-3-7-11)14(16)19-12-8-4-1-5-10(12)9-17-19/h9,11,16H,1-8H2,(H2,15,18). The lowest BCUT2D eigenvalue weighted by atomic mass is 9.98. The second-order valence-corrected chi connectivity index (χ2v) is 5.54. The van der Waals surface area contributed by atoms with Crippen molar-refractivity contribution in [2.45, 2.75) is 57.4 Å². The summed E-state index contributed by atoms with van der Waals surface area (Å²) < 4.78 is 1.68. The molecule has 0 atom stereocenters. The number of amidine groups is 1. The van der Waals surface area contributed by atoms with Crippen molar-refractivity contribution in [3.05, 3.63) is 17.5 Å². The maximum atomic E-state index is 8.20. The molecule has 5 nitrogen and oxygen atoms in total. The van der Waals surface area contributed by atoms with Gasteiger partial charge in [0.05, 0.1) is 12.2 Å². The molecule has 0 amide bonds. The maximum absolute atomic E-state index is 8.20. The Hall–Kier alpha value is -1.65. The number of rotatable bonds is 1. The Labute approximate surface area is 113 Å². The Morgan fingerprint density at radius 2 is 2.00 bits per heavy atom. The third-order valence-corrected chi connectivity index (χ3v) is 4.17. The summed E-state index contributed by atoms with van der Waals surface area (Å²) in [5, 5.41) is 12.5. The van der Waals surface area contributed by atoms with E-state index >= 15 is 0 Å². The van der Waals surface area contributed by atoms with Gasteiger partial charge in [0.1, 0.15) is 0 Å². The zero-order valence-electron chi connectivity index (χ0n) is 11.2. The van der Waals surface area contributed by atoms with E-state index in [2.05, 4.69) is 10.1 Å². The van der Waals surface area contributed by atoms with Crippen molar-refractivity contribution in [3.63, 3.8) is 0 Å². The molecule has 0 saturated heterocycles. The molecular weight excluding hydrogens is 238 g/mol. The topological polar surface area (TPSA) is 80.0 Å². The molecular formula is C14H21N5. The van der Waals surface area contributed by atoms with Crippen LogP contribution in [-0.2, 0) is 12.8 Å². The number of hydrogen-bond donors (Lipinski definition) is 2. The molecule has 0 unspecified atom stereocenters. The van der Waals surface area contributed by atoms with Crippen LogP contribution in [0.15, 0.2) is 11.2 Å². The number of fused-ring (bicyclic) bond motifs is 1. The molecule has 1 saturated carbocycles. The van der Waals surface area contributed by atoms with E-state index in [0.29, 0.717) is 11.9 Å². The highest BCUT2D eigenvalue weighted by Crippen LogP contribution is 2.22. The molecule has 3 N–H and O–H groups in total. The average molecular weight is 259 g/mol. The number of nitrogens with zero attached hydrogens (tertiary/aromatic N) is 3. The number of nitrogens with two attached hydrogens (primary N) is 1. The van der Waals surface area contributed by atoms with E-state index in [1.807, 2.05) is 6.20 Å². The van der Waals surface area contributed by atoms with Gasteiger partial charge in [-0.3, -0.25) is 10.4 Å². The second-order valence-electron chi connectivity index (χ2n) is 5.54. The van der Waals surface area contributed by atoms with E-state index in [4.69, 9.17) is 11.1 Å². The molecule has 2 aliphatic rings. The third-order valence-electron chi connectivity index (χ3n) is 4.17. The van der Waals surface area contributed by atoms with Gasteiger partial charge in [0.2, 0.25) is 0 Å². The lowest BCUT2D eigenvalue weighted by Crippen LogP contribution is -2.32. The van der Waals surface area contributed by atoms with Crippen molar-refractivity contribution < 1.29 is 0 Å². The van der Waals surface area contributed by atoms with Crippen molar-refractivity contribution >= 4 is 11.7 Å². The van der Waals surface area contributed by atoms with E-state index < -0.39 is 0 Å². The van der Waals surface area contributed by atoms with Crippen molar-refractivity contribution in [3.8, 4) is 0 Å². The molecule has 0 spiro atoms. The molecule has 3 rings (SSSR count). The summed E-state index contributed by atoms with van der Waals surface area (Å²) in [6.45, 7) is 0. The van der Waals surface area contributed by atoms with Crippen LogP contribution in [0.3, 0.4) is 0 Å². The summed E-state index contributed by atoms with van der Waals surface area (Å²) in [7, 11) is 0. The Balaban J connectivity index is 1.81. The SMILES string of the molecule is N=C(/C(N)=N\C1CCCC1)n1ncc2c1CCCC2. The quantitative estimate of drug-likeness (QED) is 0.596. The van der Waals surface area contributed by atoms with Crippen LogP contribution in [0.5, 0.6) is 0 Å². The molecule has 19 heavy (non-hydrogen) atoms. The minimum absolute atomic E-state index is 0.245. The highest BCUT2D eigenvalue weighted by atomic mass is 15.3. The minimum atomic E-state index is 0.245. The van der Waals surface area contributed by atoms with Crippen molar-refractivity contribution in [1.29, 1.82) is 5.41 Å². The monoisotopic (exact) mass is 259 g/mol. The molecule has 1 aromatic heterocycles. The average Bonchev–Trinajstić information content (AvgIpc) is 3.06. The first-order valence-electron chi connectivity index (χ1n) is 7.24. The highest BCUT2D eigenvalue weighted by molar-refractivity contribution is 6.39. The predicted molar refractivity (Wildman–Crippen MR) is 75.9 cm³/mol. The van der Waals surface area contributed by atoms with E-state index in [-0.39, 0.29) is 5.84 Å². The van der Waals surface area contributed by atoms with Crippen molar-refractivity contribution in [2.75, 3.05) is 0 Å². The second kappa shape index (κ2) is 5.15. The van der Waals surface area contributed by atoms with Gasteiger partial charge in [-0.15, -0.1) is 0 Å². The summed E-state index contributed by atoms with van der Waals surface area (Å²) in [6.07, 6.45) is 11.0. The summed E-state index contributed by atoms with van der Waals surface area (Å²) in [6, 6.07) is 0.312. The smallest absolute Gasteiger partial charge is 0.188 e. The number of aryl methyl sites for hydroxylation is 1. The molecule has 0 radical (unpaired) electrons. The predicted octanol–water partition coefficient (Wildman–Crippen LogP) is 1.89. The van der Waals surface area contributed by atoms with Gasteiger partial charge in [0.25, 0.3) is 0 Å². The molecule has 1 fully saturated rings. The van der Waals surface area contributed by atoms with Crippen LogP contribution in [0.2, 0.25) is 0 Å². The van der Waals surface area contributed by atoms with Crippen molar-refractivity contribution in [1.82, 2.24) is 9.78 Å². The van der Waals surface area contributed by atoms with E-state index in [1.54, 1.807) is 4.68 Å². The first kappa shape index (κ1) is 12.4. The molecule has 2 aliphatic carbocycles. The Morgan fingerprint density at radius 3 is 2.79 bits per heavy atom. The highest BCUT2D eigenvalue weighted by Gasteiger charge is 2.20. The number of hydrogen-bond acceptors (Lipinski definition) is 3. The van der Waals surface area contributed by atoms with Crippen LogP contribution in [0, 0.1) is 5.41 Å². The first-order chi connectivity index (χ1) is 9.25. The summed E-state index contributed by atoms with van der Waals surface area (Å²) in [4.78, 5) is 4.49. The Morgan fingerprint density at radius 1 is 1.26 bits per heavy atom. The lowest BCUT2D eigenvalue weighted by Gasteiger charge is -2.14. The molecule has 1 aromatic rings. The molecule has 0 aliphatic heterocycles. The largest absolute Gasteiger partial charge is 0.381 e. The van der Waals surface area contributed by atoms with Crippen molar-refractivity contribution in [2.24, 2.45) is 10.7 Å². The van der Waals surface area contributed by atoms with Gasteiger partial charge in [0, 0.05) is 5.69 Å². The molecule has 0 aromatic carbocycles. The third kappa shape index (κ3) is 2.41. The summed E-state index contributed by atoms with van der Waals surface area (Å²) in [5.74, 6) is 0.582. The van der Waals surface area contributed by atoms with Crippen LogP contribution < -0.4 is 5.73 Å². The minimum Gasteiger partial charge on any atom is -0.381 e. The van der Waals surface area contributed by atoms with Gasteiger partial charge >= 0.3 is 0 Å². The van der Waals surface area contributed by atoms with Gasteiger partial charge in [-0.05, 0) is 44.1 Å². The van der Waals surface area contributed by atoms with E-state index in [1.165, 1.54) is 31.2 Å². The maximum Gasteiger partial charge on any atom is 0.188 e. The van der Waals surface area contributed by atoms with E-state index in [0.717, 1.165) is 31.4 Å². The molecule has 1 heterocycles. The zero-order valence-corrected chi connectivity index (χ0v) is 11.2. The molecule has 5 heteroatoms. The fraction of sp³-hybridized carbons (Fsp3) is 0.643. The van der Waals surface area contributed by atoms with Gasteiger partial charge in [0.15, 0.2) is 11.7 Å². The van der Waals surface area contributed by atoms with Crippen LogP contribution in [0.1, 0.15) is 49.8 Å². The Bertz CT molecular complexity index is 508. The lowest BCUT2D eigenvalue weighted by molar-refractivity contribution is 0.660. The summed E-state index contributed by atoms with van der Waals surface area (Å²) >= 11 is 0. The van der Waals surface area contributed by atoms with Crippen LogP contribution in [0.4, 0.5) is 0 Å². The van der Waals surface area contributed by atoms with Crippen LogP contribution >= 0.6 is 0 Å². The van der Waals surface area contributed by atoms with Crippen LogP contribution in [-0.4, -0.2) is 27.5 Å². The summed E-state index contributed by atoms with van der Waals surface area (Å²) in [5.41, 5.74) is 8.41. The van der Waals surface area contributed by atoms with Gasteiger partial charge in [-0.2, -0.15) is 5.10 Å². The number of aliphatic imine (C=N–C) groups is 1. The number of aromatic nitrogens is 2.